The van der Waals surface area contributed by atoms with E-state index in [9.17, 15) is 4.79 Å². The number of carbonyl (C=O) groups is 1. The highest BCUT2D eigenvalue weighted by molar-refractivity contribution is 5.94. The fraction of sp³-hybridized carbons (Fsp3) is 0.312. The molecule has 0 radical (unpaired) electrons. The molecule has 0 bridgehead atoms. The molecule has 0 aliphatic carbocycles. The lowest BCUT2D eigenvalue weighted by molar-refractivity contribution is -0.129. The van der Waals surface area contributed by atoms with E-state index in [1.54, 1.807) is 6.92 Å². The van der Waals surface area contributed by atoms with Gasteiger partial charge in [0.1, 0.15) is 0 Å². The Hall–Kier alpha value is -2.63. The Bertz CT molecular complexity index is 876. The summed E-state index contributed by atoms with van der Waals surface area (Å²) in [5.74, 6) is 0.113. The molecule has 1 amide bonds. The summed E-state index contributed by atoms with van der Waals surface area (Å²) in [6, 6.07) is 6.07. The molecule has 0 fully saturated rings. The number of aromatic amines is 1. The highest BCUT2D eigenvalue weighted by Gasteiger charge is 2.26. The molecule has 2 aromatic heterocycles. The summed E-state index contributed by atoms with van der Waals surface area (Å²) in [4.78, 5) is 13.6. The molecule has 22 heavy (non-hydrogen) atoms. The first kappa shape index (κ1) is 13.1. The van der Waals surface area contributed by atoms with E-state index >= 15 is 0 Å². The SMILES string of the molecule is CC(=O)N1CCc2c(c(-c3cccc4[nH]ncc34)nn2C)C1. The van der Waals surface area contributed by atoms with E-state index in [0.717, 1.165) is 40.7 Å². The number of rotatable bonds is 1. The number of amides is 1. The van der Waals surface area contributed by atoms with Gasteiger partial charge in [-0.1, -0.05) is 12.1 Å². The van der Waals surface area contributed by atoms with Crippen LogP contribution < -0.4 is 0 Å². The van der Waals surface area contributed by atoms with Crippen molar-refractivity contribution in [3.8, 4) is 11.3 Å². The van der Waals surface area contributed by atoms with Gasteiger partial charge in [0.2, 0.25) is 5.91 Å². The average Bonchev–Trinajstić information content (AvgIpc) is 3.11. The van der Waals surface area contributed by atoms with Crippen molar-refractivity contribution in [1.29, 1.82) is 0 Å². The summed E-state index contributed by atoms with van der Waals surface area (Å²) in [7, 11) is 1.97. The number of nitrogens with one attached hydrogen (secondary N) is 1. The van der Waals surface area contributed by atoms with Crippen LogP contribution in [0, 0.1) is 0 Å². The number of nitrogens with zero attached hydrogens (tertiary/aromatic N) is 4. The van der Waals surface area contributed by atoms with Crippen molar-refractivity contribution in [3.05, 3.63) is 35.7 Å². The fourth-order valence-corrected chi connectivity index (χ4v) is 3.25. The zero-order chi connectivity index (χ0) is 15.3. The van der Waals surface area contributed by atoms with Gasteiger partial charge < -0.3 is 4.90 Å². The van der Waals surface area contributed by atoms with E-state index in [0.29, 0.717) is 6.54 Å². The standard InChI is InChI=1S/C16H17N5O/c1-10(22)21-7-6-15-13(9-21)16(19-20(15)2)11-4-3-5-14-12(11)8-17-18-14/h3-5,8H,6-7,9H2,1-2H3,(H,17,18). The van der Waals surface area contributed by atoms with Crippen molar-refractivity contribution in [3.63, 3.8) is 0 Å². The van der Waals surface area contributed by atoms with Crippen LogP contribution in [0.1, 0.15) is 18.2 Å². The van der Waals surface area contributed by atoms with Crippen LogP contribution in [-0.4, -0.2) is 37.3 Å². The molecule has 1 N–H and O–H groups in total. The molecular formula is C16H17N5O. The summed E-state index contributed by atoms with van der Waals surface area (Å²) in [5, 5.41) is 12.9. The van der Waals surface area contributed by atoms with Gasteiger partial charge in [0.25, 0.3) is 0 Å². The molecule has 4 rings (SSSR count). The monoisotopic (exact) mass is 295 g/mol. The molecule has 0 saturated carbocycles. The first-order valence-corrected chi connectivity index (χ1v) is 7.38. The first-order valence-electron chi connectivity index (χ1n) is 7.38. The summed E-state index contributed by atoms with van der Waals surface area (Å²) >= 11 is 0. The number of benzene rings is 1. The van der Waals surface area contributed by atoms with E-state index in [1.807, 2.05) is 35.0 Å². The minimum atomic E-state index is 0.113. The second kappa shape index (κ2) is 4.69. The molecule has 1 aliphatic rings. The molecule has 3 heterocycles. The van der Waals surface area contributed by atoms with Crippen LogP contribution in [0.4, 0.5) is 0 Å². The molecule has 1 aliphatic heterocycles. The number of hydrogen-bond donors (Lipinski definition) is 1. The molecule has 6 heteroatoms. The van der Waals surface area contributed by atoms with Crippen LogP contribution in [0.2, 0.25) is 0 Å². The predicted octanol–water partition coefficient (Wildman–Crippen LogP) is 1.87. The summed E-state index contributed by atoms with van der Waals surface area (Å²) in [6.07, 6.45) is 2.68. The number of H-pyrrole nitrogens is 1. The second-order valence-corrected chi connectivity index (χ2v) is 5.72. The fourth-order valence-electron chi connectivity index (χ4n) is 3.25. The van der Waals surface area contributed by atoms with Gasteiger partial charge >= 0.3 is 0 Å². The van der Waals surface area contributed by atoms with Crippen molar-refractivity contribution in [2.24, 2.45) is 7.05 Å². The van der Waals surface area contributed by atoms with Gasteiger partial charge in [0.15, 0.2) is 0 Å². The molecule has 3 aromatic rings. The van der Waals surface area contributed by atoms with Crippen LogP contribution in [0.15, 0.2) is 24.4 Å². The van der Waals surface area contributed by atoms with Gasteiger partial charge in [-0.15, -0.1) is 0 Å². The first-order chi connectivity index (χ1) is 10.6. The van der Waals surface area contributed by atoms with Gasteiger partial charge in [-0.25, -0.2) is 0 Å². The zero-order valence-corrected chi connectivity index (χ0v) is 12.6. The van der Waals surface area contributed by atoms with Crippen molar-refractivity contribution in [2.45, 2.75) is 19.9 Å². The summed E-state index contributed by atoms with van der Waals surface area (Å²) in [6.45, 7) is 3.01. The van der Waals surface area contributed by atoms with Gasteiger partial charge in [0.05, 0.1) is 17.4 Å². The van der Waals surface area contributed by atoms with Gasteiger partial charge in [-0.05, 0) is 6.07 Å². The third kappa shape index (κ3) is 1.83. The topological polar surface area (TPSA) is 66.8 Å². The van der Waals surface area contributed by atoms with Gasteiger partial charge in [-0.2, -0.15) is 10.2 Å². The zero-order valence-electron chi connectivity index (χ0n) is 12.6. The van der Waals surface area contributed by atoms with Gasteiger partial charge in [-0.3, -0.25) is 14.6 Å². The van der Waals surface area contributed by atoms with Crippen molar-refractivity contribution in [2.75, 3.05) is 6.54 Å². The Labute approximate surface area is 127 Å². The van der Waals surface area contributed by atoms with E-state index < -0.39 is 0 Å². The Morgan fingerprint density at radius 1 is 1.36 bits per heavy atom. The lowest BCUT2D eigenvalue weighted by Gasteiger charge is -2.26. The maximum atomic E-state index is 11.7. The Kier molecular flexibility index (Phi) is 2.79. The number of carbonyl (C=O) groups excluding carboxylic acids is 1. The average molecular weight is 295 g/mol. The highest BCUT2D eigenvalue weighted by atomic mass is 16.2. The maximum Gasteiger partial charge on any atom is 0.219 e. The van der Waals surface area contributed by atoms with Crippen LogP contribution in [0.5, 0.6) is 0 Å². The smallest absolute Gasteiger partial charge is 0.219 e. The molecule has 0 unspecified atom stereocenters. The molecule has 6 nitrogen and oxygen atoms in total. The minimum absolute atomic E-state index is 0.113. The van der Waals surface area contributed by atoms with Crippen molar-refractivity contribution in [1.82, 2.24) is 24.9 Å². The minimum Gasteiger partial charge on any atom is -0.338 e. The number of hydrogen-bond acceptors (Lipinski definition) is 3. The normalized spacial score (nSPS) is 14.4. The lowest BCUT2D eigenvalue weighted by atomic mass is 9.99. The Balaban J connectivity index is 1.90. The second-order valence-electron chi connectivity index (χ2n) is 5.72. The Morgan fingerprint density at radius 3 is 3.05 bits per heavy atom. The third-order valence-electron chi connectivity index (χ3n) is 4.43. The largest absolute Gasteiger partial charge is 0.338 e. The summed E-state index contributed by atoms with van der Waals surface area (Å²) < 4.78 is 1.95. The quantitative estimate of drug-likeness (QED) is 0.745. The third-order valence-corrected chi connectivity index (χ3v) is 4.43. The van der Waals surface area contributed by atoms with Crippen LogP contribution >= 0.6 is 0 Å². The van der Waals surface area contributed by atoms with Crippen LogP contribution in [0.25, 0.3) is 22.2 Å². The van der Waals surface area contributed by atoms with E-state index in [2.05, 4.69) is 16.3 Å². The predicted molar refractivity (Wildman–Crippen MR) is 83.1 cm³/mol. The van der Waals surface area contributed by atoms with Crippen molar-refractivity contribution >= 4 is 16.8 Å². The molecule has 0 spiro atoms. The molecule has 1 aromatic carbocycles. The molecule has 0 atom stereocenters. The Morgan fingerprint density at radius 2 is 2.23 bits per heavy atom. The summed E-state index contributed by atoms with van der Waals surface area (Å²) in [5.41, 5.74) is 5.38. The lowest BCUT2D eigenvalue weighted by Crippen LogP contribution is -2.34. The van der Waals surface area contributed by atoms with Crippen LogP contribution in [0.3, 0.4) is 0 Å². The van der Waals surface area contributed by atoms with E-state index in [-0.39, 0.29) is 5.91 Å². The highest BCUT2D eigenvalue weighted by Crippen LogP contribution is 2.33. The number of fused-ring (bicyclic) bond motifs is 2. The maximum absolute atomic E-state index is 11.7. The number of aryl methyl sites for hydroxylation is 1. The number of aromatic nitrogens is 4. The molecule has 112 valence electrons. The van der Waals surface area contributed by atoms with E-state index in [4.69, 9.17) is 5.10 Å². The van der Waals surface area contributed by atoms with Crippen molar-refractivity contribution < 1.29 is 4.79 Å². The van der Waals surface area contributed by atoms with E-state index in [1.165, 1.54) is 5.69 Å². The van der Waals surface area contributed by atoms with Gasteiger partial charge in [0, 0.05) is 55.7 Å². The molecular weight excluding hydrogens is 278 g/mol. The molecule has 0 saturated heterocycles. The van der Waals surface area contributed by atoms with Crippen LogP contribution in [-0.2, 0) is 24.8 Å².